The molecule has 2 fully saturated rings. The van der Waals surface area contributed by atoms with Crippen molar-refractivity contribution in [2.75, 3.05) is 24.7 Å². The van der Waals surface area contributed by atoms with Crippen LogP contribution in [0.15, 0.2) is 48.5 Å². The fourth-order valence-corrected chi connectivity index (χ4v) is 7.03. The predicted octanol–water partition coefficient (Wildman–Crippen LogP) is 5.21. The van der Waals surface area contributed by atoms with Crippen LogP contribution in [0, 0.1) is 17.1 Å². The second kappa shape index (κ2) is 13.0. The molecule has 3 aliphatic heterocycles. The van der Waals surface area contributed by atoms with E-state index in [1.54, 1.807) is 11.6 Å². The van der Waals surface area contributed by atoms with Gasteiger partial charge in [-0.15, -0.1) is 0 Å². The van der Waals surface area contributed by atoms with Gasteiger partial charge in [0.1, 0.15) is 23.7 Å². The van der Waals surface area contributed by atoms with Gasteiger partial charge in [0.15, 0.2) is 5.69 Å². The van der Waals surface area contributed by atoms with Crippen LogP contribution in [0.25, 0.3) is 0 Å². The Morgan fingerprint density at radius 1 is 1.08 bits per heavy atom. The zero-order valence-corrected chi connectivity index (χ0v) is 26.3. The number of amides is 3. The van der Waals surface area contributed by atoms with Crippen molar-refractivity contribution in [3.63, 3.8) is 0 Å². The fourth-order valence-electron chi connectivity index (χ4n) is 7.03. The van der Waals surface area contributed by atoms with Crippen molar-refractivity contribution < 1.29 is 36.7 Å². The Balaban J connectivity index is 1.55. The summed E-state index contributed by atoms with van der Waals surface area (Å²) in [7, 11) is 0. The molecule has 0 bridgehead atoms. The van der Waals surface area contributed by atoms with Crippen LogP contribution in [-0.2, 0) is 15.7 Å². The molecule has 6 rings (SSSR count). The number of halogens is 4. The highest BCUT2D eigenvalue weighted by Crippen LogP contribution is 2.45. The van der Waals surface area contributed by atoms with Gasteiger partial charge in [-0.1, -0.05) is 18.2 Å². The average molecular weight is 667 g/mol. The standard InChI is InChI=1S/C34H34F4N6O4/c1-3-42-31-27(29(41-44(31)24-13-15-48-16-14-24)33(47)43-19(2)7-12-25(43)18-39)26(20-8-10-23(35)11-9-20)28(32(42)46)40-30(45)21-5-4-6-22(17-21)34(36,37)38/h4-6,8-11,17,19,24-26,28H,3,7,12-16H2,1-2H3,(H,40,45)/t19-,25+,26+,28+/m1/s1. The van der Waals surface area contributed by atoms with Gasteiger partial charge in [-0.05, 0) is 75.4 Å². The van der Waals surface area contributed by atoms with Crippen molar-refractivity contribution in [3.8, 4) is 6.07 Å². The summed E-state index contributed by atoms with van der Waals surface area (Å²) in [6.45, 7) is 4.54. The Bertz CT molecular complexity index is 1760. The maximum absolute atomic E-state index is 14.5. The number of hydrogen-bond donors (Lipinski definition) is 1. The Morgan fingerprint density at radius 3 is 2.44 bits per heavy atom. The molecule has 252 valence electrons. The Labute approximate surface area is 274 Å². The van der Waals surface area contributed by atoms with E-state index in [2.05, 4.69) is 11.4 Å². The highest BCUT2D eigenvalue weighted by atomic mass is 19.4. The minimum absolute atomic E-state index is 0.0101. The lowest BCUT2D eigenvalue weighted by Crippen LogP contribution is -2.56. The van der Waals surface area contributed by atoms with Gasteiger partial charge < -0.3 is 15.0 Å². The van der Waals surface area contributed by atoms with Crippen LogP contribution in [0.1, 0.15) is 89.0 Å². The number of anilines is 1. The monoisotopic (exact) mass is 666 g/mol. The number of nitriles is 1. The molecule has 3 amide bonds. The maximum atomic E-state index is 14.5. The molecule has 4 atom stereocenters. The van der Waals surface area contributed by atoms with E-state index in [1.165, 1.54) is 40.1 Å². The number of hydrogen-bond acceptors (Lipinski definition) is 6. The second-order valence-electron chi connectivity index (χ2n) is 12.3. The van der Waals surface area contributed by atoms with Crippen molar-refractivity contribution in [1.29, 1.82) is 5.26 Å². The highest BCUT2D eigenvalue weighted by Gasteiger charge is 2.49. The van der Waals surface area contributed by atoms with Gasteiger partial charge in [0.25, 0.3) is 17.7 Å². The summed E-state index contributed by atoms with van der Waals surface area (Å²) in [5, 5.41) is 17.4. The van der Waals surface area contributed by atoms with Gasteiger partial charge in [-0.3, -0.25) is 19.3 Å². The van der Waals surface area contributed by atoms with Crippen molar-refractivity contribution in [2.24, 2.45) is 0 Å². The van der Waals surface area contributed by atoms with Crippen LogP contribution >= 0.6 is 0 Å². The summed E-state index contributed by atoms with van der Waals surface area (Å²) in [4.78, 5) is 45.5. The molecule has 3 aliphatic rings. The second-order valence-corrected chi connectivity index (χ2v) is 12.3. The van der Waals surface area contributed by atoms with E-state index in [4.69, 9.17) is 9.84 Å². The molecule has 0 saturated carbocycles. The number of fused-ring (bicyclic) bond motifs is 1. The minimum Gasteiger partial charge on any atom is -0.381 e. The normalized spacial score (nSPS) is 23.1. The smallest absolute Gasteiger partial charge is 0.381 e. The molecular formula is C34H34F4N6O4. The molecule has 10 nitrogen and oxygen atoms in total. The summed E-state index contributed by atoms with van der Waals surface area (Å²) >= 11 is 0. The SMILES string of the molecule is CCN1C(=O)[C@@H](NC(=O)c2cccc(C(F)(F)F)c2)[C@@H](c2ccc(F)cc2)c2c(C(=O)N3[C@H](C)CC[C@H]3C#N)nn(C3CCOCC3)c21. The van der Waals surface area contributed by atoms with E-state index >= 15 is 0 Å². The average Bonchev–Trinajstić information content (AvgIpc) is 3.66. The zero-order valence-electron chi connectivity index (χ0n) is 26.3. The first-order chi connectivity index (χ1) is 22.9. The summed E-state index contributed by atoms with van der Waals surface area (Å²) < 4.78 is 62.0. The van der Waals surface area contributed by atoms with Crippen molar-refractivity contribution in [3.05, 3.63) is 82.3 Å². The number of carbonyl (C=O) groups is 3. The van der Waals surface area contributed by atoms with Crippen molar-refractivity contribution >= 4 is 23.5 Å². The number of likely N-dealkylation sites (tertiary alicyclic amines) is 1. The molecule has 0 spiro atoms. The van der Waals surface area contributed by atoms with E-state index in [0.29, 0.717) is 61.9 Å². The number of likely N-dealkylation sites (N-methyl/N-ethyl adjacent to an activating group) is 1. The van der Waals surface area contributed by atoms with E-state index in [-0.39, 0.29) is 29.9 Å². The van der Waals surface area contributed by atoms with Crippen LogP contribution in [0.3, 0.4) is 0 Å². The van der Waals surface area contributed by atoms with Crippen molar-refractivity contribution in [1.82, 2.24) is 20.0 Å². The number of nitrogens with one attached hydrogen (secondary N) is 1. The summed E-state index contributed by atoms with van der Waals surface area (Å²) in [5.41, 5.74) is -0.673. The largest absolute Gasteiger partial charge is 0.416 e. The lowest BCUT2D eigenvalue weighted by molar-refractivity contribution is -0.137. The molecule has 0 aliphatic carbocycles. The van der Waals surface area contributed by atoms with Gasteiger partial charge in [-0.25, -0.2) is 9.07 Å². The summed E-state index contributed by atoms with van der Waals surface area (Å²) in [6.07, 6.45) is -2.54. The quantitative estimate of drug-likeness (QED) is 0.361. The summed E-state index contributed by atoms with van der Waals surface area (Å²) in [6, 6.07) is 8.68. The Kier molecular flexibility index (Phi) is 9.00. The number of aromatic nitrogens is 2. The van der Waals surface area contributed by atoms with Gasteiger partial charge in [0.05, 0.1) is 17.7 Å². The molecule has 1 aromatic heterocycles. The number of nitrogens with zero attached hydrogens (tertiary/aromatic N) is 5. The number of ether oxygens (including phenoxy) is 1. The molecule has 48 heavy (non-hydrogen) atoms. The number of benzene rings is 2. The fraction of sp³-hybridized carbons (Fsp3) is 0.441. The Morgan fingerprint density at radius 2 is 1.79 bits per heavy atom. The van der Waals surface area contributed by atoms with Crippen LogP contribution in [0.5, 0.6) is 0 Å². The minimum atomic E-state index is -4.70. The highest BCUT2D eigenvalue weighted by molar-refractivity contribution is 6.07. The molecule has 14 heteroatoms. The molecule has 3 aromatic rings. The van der Waals surface area contributed by atoms with E-state index in [1.807, 2.05) is 6.92 Å². The summed E-state index contributed by atoms with van der Waals surface area (Å²) in [5.74, 6) is -3.33. The van der Waals surface area contributed by atoms with Gasteiger partial charge in [0.2, 0.25) is 0 Å². The van der Waals surface area contributed by atoms with Crippen LogP contribution in [0.2, 0.25) is 0 Å². The third kappa shape index (κ3) is 5.91. The maximum Gasteiger partial charge on any atom is 0.416 e. The first-order valence-electron chi connectivity index (χ1n) is 15.9. The first kappa shape index (κ1) is 33.1. The van der Waals surface area contributed by atoms with E-state index < -0.39 is 53.3 Å². The van der Waals surface area contributed by atoms with Crippen LogP contribution < -0.4 is 10.2 Å². The predicted molar refractivity (Wildman–Crippen MR) is 165 cm³/mol. The third-order valence-corrected chi connectivity index (χ3v) is 9.43. The number of carbonyl (C=O) groups excluding carboxylic acids is 3. The van der Waals surface area contributed by atoms with Gasteiger partial charge in [0, 0.05) is 42.8 Å². The van der Waals surface area contributed by atoms with E-state index in [9.17, 15) is 37.2 Å². The van der Waals surface area contributed by atoms with Crippen molar-refractivity contribution in [2.45, 2.75) is 75.8 Å². The molecular weight excluding hydrogens is 632 g/mol. The first-order valence-corrected chi connectivity index (χ1v) is 15.9. The number of alkyl halides is 3. The lowest BCUT2D eigenvalue weighted by Gasteiger charge is -2.39. The van der Waals surface area contributed by atoms with Gasteiger partial charge in [-0.2, -0.15) is 23.5 Å². The third-order valence-electron chi connectivity index (χ3n) is 9.43. The number of rotatable bonds is 6. The molecule has 1 N–H and O–H groups in total. The lowest BCUT2D eigenvalue weighted by atomic mass is 9.80. The molecule has 4 heterocycles. The molecule has 0 unspecified atom stereocenters. The molecule has 2 aromatic carbocycles. The van der Waals surface area contributed by atoms with Crippen LogP contribution in [0.4, 0.5) is 23.4 Å². The van der Waals surface area contributed by atoms with Gasteiger partial charge >= 0.3 is 6.18 Å². The zero-order chi connectivity index (χ0) is 34.3. The van der Waals surface area contributed by atoms with Crippen LogP contribution in [-0.4, -0.2) is 70.3 Å². The van der Waals surface area contributed by atoms with E-state index in [0.717, 1.165) is 12.1 Å². The molecule has 0 radical (unpaired) electrons. The molecule has 2 saturated heterocycles. The topological polar surface area (TPSA) is 121 Å². The Hall–Kier alpha value is -4.77.